The lowest BCUT2D eigenvalue weighted by Gasteiger charge is -2.30. The third-order valence-electron chi connectivity index (χ3n) is 4.57. The van der Waals surface area contributed by atoms with E-state index in [0.29, 0.717) is 12.1 Å². The lowest BCUT2D eigenvalue weighted by molar-refractivity contribution is -0.148. The normalized spacial score (nSPS) is 14.9. The zero-order valence-electron chi connectivity index (χ0n) is 15.1. The highest BCUT2D eigenvalue weighted by atomic mass is 79.9. The predicted molar refractivity (Wildman–Crippen MR) is 100 cm³/mol. The van der Waals surface area contributed by atoms with Crippen LogP contribution in [0.4, 0.5) is 26.3 Å². The number of alkyl halides is 3. The first-order chi connectivity index (χ1) is 13.5. The number of carbonyl (C=O) groups excluding carboxylic acids is 1. The molecule has 2 N–H and O–H groups in total. The third kappa shape index (κ3) is 5.09. The molecule has 1 amide bonds. The minimum Gasteiger partial charge on any atom is -0.335 e. The summed E-state index contributed by atoms with van der Waals surface area (Å²) in [5, 5.41) is 0. The van der Waals surface area contributed by atoms with Crippen molar-refractivity contribution in [3.05, 3.63) is 51.3 Å². The van der Waals surface area contributed by atoms with E-state index in [0.717, 1.165) is 4.57 Å². The Labute approximate surface area is 181 Å². The Morgan fingerprint density at radius 3 is 2.43 bits per heavy atom. The van der Waals surface area contributed by atoms with Crippen LogP contribution in [0.5, 0.6) is 0 Å². The number of hydrogen-bond donors (Lipinski definition) is 1. The summed E-state index contributed by atoms with van der Waals surface area (Å²) in [4.78, 5) is 17.3. The largest absolute Gasteiger partial charge is 0.449 e. The second-order valence-electron chi connectivity index (χ2n) is 6.66. The molecule has 0 spiro atoms. The van der Waals surface area contributed by atoms with E-state index in [9.17, 15) is 31.1 Å². The number of amides is 1. The molecule has 1 aliphatic heterocycles. The zero-order chi connectivity index (χ0) is 21.5. The zero-order valence-corrected chi connectivity index (χ0v) is 17.6. The number of nitrogens with two attached hydrogens (primary N) is 1. The fraction of sp³-hybridized carbons (Fsp3) is 0.412. The molecular weight excluding hydrogens is 506 g/mol. The first-order valence-electron chi connectivity index (χ1n) is 8.46. The molecule has 0 radical (unpaired) electrons. The molecule has 0 unspecified atom stereocenters. The average molecular weight is 522 g/mol. The van der Waals surface area contributed by atoms with Gasteiger partial charge < -0.3 is 15.2 Å². The topological polar surface area (TPSA) is 64.2 Å². The quantitative estimate of drug-likeness (QED) is 0.492. The van der Waals surface area contributed by atoms with Gasteiger partial charge in [-0.2, -0.15) is 13.2 Å². The fourth-order valence-electron chi connectivity index (χ4n) is 3.19. The molecule has 2 aromatic rings. The molecule has 13 heteroatoms. The van der Waals surface area contributed by atoms with E-state index in [1.54, 1.807) is 0 Å². The maximum atomic E-state index is 13.7. The van der Waals surface area contributed by atoms with Crippen LogP contribution >= 0.6 is 28.3 Å². The van der Waals surface area contributed by atoms with Gasteiger partial charge in [-0.3, -0.25) is 4.79 Å². The number of carbonyl (C=O) groups is 1. The van der Waals surface area contributed by atoms with E-state index in [-0.39, 0.29) is 60.7 Å². The van der Waals surface area contributed by atoms with Crippen LogP contribution in [-0.4, -0.2) is 32.9 Å². The predicted octanol–water partition coefficient (Wildman–Crippen LogP) is 3.81. The van der Waals surface area contributed by atoms with Gasteiger partial charge in [0.2, 0.25) is 11.7 Å². The van der Waals surface area contributed by atoms with Crippen LogP contribution < -0.4 is 5.73 Å². The van der Waals surface area contributed by atoms with Crippen LogP contribution in [-0.2, 0) is 30.5 Å². The highest BCUT2D eigenvalue weighted by Crippen LogP contribution is 2.34. The van der Waals surface area contributed by atoms with E-state index in [2.05, 4.69) is 20.9 Å². The minimum atomic E-state index is -4.62. The summed E-state index contributed by atoms with van der Waals surface area (Å²) < 4.78 is 80.1. The van der Waals surface area contributed by atoms with Crippen LogP contribution in [0.2, 0.25) is 0 Å². The summed E-state index contributed by atoms with van der Waals surface area (Å²) in [5.74, 6) is -5.03. The van der Waals surface area contributed by atoms with Gasteiger partial charge in [-0.1, -0.05) is 0 Å². The van der Waals surface area contributed by atoms with Crippen molar-refractivity contribution in [2.75, 3.05) is 6.54 Å². The minimum absolute atomic E-state index is 0. The van der Waals surface area contributed by atoms with Crippen molar-refractivity contribution in [1.29, 1.82) is 0 Å². The van der Waals surface area contributed by atoms with Gasteiger partial charge in [0.15, 0.2) is 11.6 Å². The first-order valence-corrected chi connectivity index (χ1v) is 9.25. The Bertz CT molecular complexity index is 951. The number of hydrogen-bond acceptors (Lipinski definition) is 3. The molecule has 1 aromatic carbocycles. The molecule has 0 aliphatic carbocycles. The Morgan fingerprint density at radius 1 is 1.17 bits per heavy atom. The summed E-state index contributed by atoms with van der Waals surface area (Å²) in [6.45, 7) is -0.180. The summed E-state index contributed by atoms with van der Waals surface area (Å²) in [7, 11) is 0. The van der Waals surface area contributed by atoms with Crippen molar-refractivity contribution in [1.82, 2.24) is 14.5 Å². The van der Waals surface area contributed by atoms with Crippen LogP contribution in [0.15, 0.2) is 16.7 Å². The molecule has 3 rings (SSSR count). The van der Waals surface area contributed by atoms with E-state index in [4.69, 9.17) is 5.73 Å². The Kier molecular flexibility index (Phi) is 7.46. The molecule has 0 saturated carbocycles. The lowest BCUT2D eigenvalue weighted by atomic mass is 10.0. The number of rotatable bonds is 4. The summed E-state index contributed by atoms with van der Waals surface area (Å²) >= 11 is 2.99. The van der Waals surface area contributed by atoms with Crippen molar-refractivity contribution in [3.8, 4) is 0 Å². The number of halogens is 8. The summed E-state index contributed by atoms with van der Waals surface area (Å²) in [6.07, 6.45) is -5.07. The number of imidazole rings is 1. The van der Waals surface area contributed by atoms with Crippen LogP contribution in [0.3, 0.4) is 0 Å². The highest BCUT2D eigenvalue weighted by molar-refractivity contribution is 9.10. The van der Waals surface area contributed by atoms with E-state index in [1.807, 2.05) is 0 Å². The van der Waals surface area contributed by atoms with Gasteiger partial charge in [0.25, 0.3) is 0 Å². The molecule has 0 saturated heterocycles. The number of aromatic nitrogens is 2. The third-order valence-corrected chi connectivity index (χ3v) is 5.21. The molecule has 0 bridgehead atoms. The first kappa shape index (κ1) is 24.5. The van der Waals surface area contributed by atoms with Gasteiger partial charge >= 0.3 is 6.18 Å². The number of benzene rings is 1. The van der Waals surface area contributed by atoms with Crippen LogP contribution in [0.25, 0.3) is 0 Å². The standard InChI is InChI=1S/C17H15BrF6N4O.ClH/c18-15-13-7-27(1-2-28(13)16(26-15)17(22,23)24)14(29)5-9(25)3-8-4-11(20)12(21)6-10(8)19;/h4,6,9H,1-3,5,7,25H2;1H/t9-;/m1./s1. The molecule has 2 heterocycles. The maximum absolute atomic E-state index is 13.7. The molecular formula is C17H16BrClF6N4O. The maximum Gasteiger partial charge on any atom is 0.449 e. The van der Waals surface area contributed by atoms with Gasteiger partial charge in [0.05, 0.1) is 12.2 Å². The summed E-state index contributed by atoms with van der Waals surface area (Å²) in [6, 6.07) is 0.202. The highest BCUT2D eigenvalue weighted by Gasteiger charge is 2.40. The summed E-state index contributed by atoms with van der Waals surface area (Å²) in [5.41, 5.74) is 5.89. The second kappa shape index (κ2) is 9.15. The van der Waals surface area contributed by atoms with Crippen molar-refractivity contribution >= 4 is 34.2 Å². The van der Waals surface area contributed by atoms with Crippen molar-refractivity contribution in [2.24, 2.45) is 5.73 Å². The van der Waals surface area contributed by atoms with Gasteiger partial charge in [-0.15, -0.1) is 12.4 Å². The number of fused-ring (bicyclic) bond motifs is 1. The van der Waals surface area contributed by atoms with E-state index in [1.165, 1.54) is 4.90 Å². The molecule has 166 valence electrons. The van der Waals surface area contributed by atoms with Crippen LogP contribution in [0, 0.1) is 17.5 Å². The Morgan fingerprint density at radius 2 is 1.80 bits per heavy atom. The monoisotopic (exact) mass is 520 g/mol. The molecule has 0 fully saturated rings. The van der Waals surface area contributed by atoms with Gasteiger partial charge in [-0.05, 0) is 34.0 Å². The van der Waals surface area contributed by atoms with Gasteiger partial charge in [0, 0.05) is 31.6 Å². The van der Waals surface area contributed by atoms with Crippen molar-refractivity contribution in [2.45, 2.75) is 38.1 Å². The molecule has 1 aromatic heterocycles. The van der Waals surface area contributed by atoms with Crippen molar-refractivity contribution in [3.63, 3.8) is 0 Å². The smallest absolute Gasteiger partial charge is 0.335 e. The lowest BCUT2D eigenvalue weighted by Crippen LogP contribution is -2.41. The molecule has 1 atom stereocenters. The fourth-order valence-corrected chi connectivity index (χ4v) is 3.69. The van der Waals surface area contributed by atoms with E-state index >= 15 is 0 Å². The molecule has 30 heavy (non-hydrogen) atoms. The molecule has 1 aliphatic rings. The van der Waals surface area contributed by atoms with Crippen LogP contribution in [0.1, 0.15) is 23.5 Å². The Balaban J connectivity index is 0.00000320. The second-order valence-corrected chi connectivity index (χ2v) is 7.41. The Hall–Kier alpha value is -1.79. The van der Waals surface area contributed by atoms with Gasteiger partial charge in [0.1, 0.15) is 10.4 Å². The molecule has 5 nitrogen and oxygen atoms in total. The van der Waals surface area contributed by atoms with E-state index < -0.39 is 41.4 Å². The van der Waals surface area contributed by atoms with Gasteiger partial charge in [-0.25, -0.2) is 18.2 Å². The van der Waals surface area contributed by atoms with Crippen molar-refractivity contribution < 1.29 is 31.1 Å². The average Bonchev–Trinajstić information content (AvgIpc) is 2.96. The SMILES string of the molecule is Cl.N[C@@H](CC(=O)N1CCn2c(C(F)(F)F)nc(Br)c2C1)Cc1cc(F)c(F)cc1F. The number of nitrogens with zero attached hydrogens (tertiary/aromatic N) is 3.